The summed E-state index contributed by atoms with van der Waals surface area (Å²) in [6.07, 6.45) is 3.98. The molecule has 0 spiro atoms. The third-order valence-corrected chi connectivity index (χ3v) is 4.80. The Bertz CT molecular complexity index is 915. The fourth-order valence-electron chi connectivity index (χ4n) is 3.49. The number of guanidine groups is 1. The fraction of sp³-hybridized carbons (Fsp3) is 0.286. The van der Waals surface area contributed by atoms with Gasteiger partial charge in [0.05, 0.1) is 12.6 Å². The summed E-state index contributed by atoms with van der Waals surface area (Å²) in [5, 5.41) is 4.61. The van der Waals surface area contributed by atoms with Gasteiger partial charge < -0.3 is 20.4 Å². The topological polar surface area (TPSA) is 64.6 Å². The Morgan fingerprint density at radius 3 is 2.96 bits per heavy atom. The molecule has 0 aliphatic carbocycles. The van der Waals surface area contributed by atoms with Crippen molar-refractivity contribution in [2.24, 2.45) is 10.7 Å². The molecule has 134 valence electrons. The van der Waals surface area contributed by atoms with Gasteiger partial charge in [-0.3, -0.25) is 4.99 Å². The third-order valence-electron chi connectivity index (χ3n) is 4.80. The van der Waals surface area contributed by atoms with Crippen LogP contribution in [-0.4, -0.2) is 23.7 Å². The van der Waals surface area contributed by atoms with Crippen LogP contribution in [0.4, 0.5) is 0 Å². The summed E-state index contributed by atoms with van der Waals surface area (Å²) in [4.78, 5) is 4.50. The van der Waals surface area contributed by atoms with Gasteiger partial charge in [0, 0.05) is 36.8 Å². The standard InChI is InChI=1S/C21H24N4O/c22-21(24-18-11-15-26-20-9-4-2-7-17(18)20)23-12-5-13-25-14-10-16-6-1-3-8-19(16)25/h1-4,6-10,14,18H,5,11-13,15H2,(H3,22,23,24). The van der Waals surface area contributed by atoms with Crippen molar-refractivity contribution in [2.45, 2.75) is 25.4 Å². The molecule has 4 rings (SSSR count). The second-order valence-corrected chi connectivity index (χ2v) is 6.56. The highest BCUT2D eigenvalue weighted by Gasteiger charge is 2.21. The number of aryl methyl sites for hydroxylation is 1. The van der Waals surface area contributed by atoms with Crippen LogP contribution >= 0.6 is 0 Å². The van der Waals surface area contributed by atoms with Crippen LogP contribution in [0, 0.1) is 0 Å². The van der Waals surface area contributed by atoms with Gasteiger partial charge in [-0.1, -0.05) is 36.4 Å². The number of hydrogen-bond donors (Lipinski definition) is 2. The van der Waals surface area contributed by atoms with Gasteiger partial charge in [0.15, 0.2) is 5.96 Å². The zero-order valence-corrected chi connectivity index (χ0v) is 14.8. The first-order valence-corrected chi connectivity index (χ1v) is 9.13. The predicted octanol–water partition coefficient (Wildman–Crippen LogP) is 3.46. The lowest BCUT2D eigenvalue weighted by atomic mass is 10.0. The molecule has 1 atom stereocenters. The third kappa shape index (κ3) is 3.52. The maximum Gasteiger partial charge on any atom is 0.189 e. The lowest BCUT2D eigenvalue weighted by Crippen LogP contribution is -2.37. The molecule has 5 heteroatoms. The Labute approximate surface area is 153 Å². The number of benzene rings is 2. The Morgan fingerprint density at radius 2 is 2.00 bits per heavy atom. The number of aliphatic imine (C=N–C) groups is 1. The molecule has 1 aliphatic rings. The Morgan fingerprint density at radius 1 is 1.15 bits per heavy atom. The zero-order chi connectivity index (χ0) is 17.8. The van der Waals surface area contributed by atoms with Gasteiger partial charge in [-0.05, 0) is 30.0 Å². The molecule has 26 heavy (non-hydrogen) atoms. The van der Waals surface area contributed by atoms with E-state index in [0.717, 1.165) is 30.7 Å². The molecule has 0 radical (unpaired) electrons. The van der Waals surface area contributed by atoms with E-state index in [1.165, 1.54) is 10.9 Å². The van der Waals surface area contributed by atoms with Gasteiger partial charge >= 0.3 is 0 Å². The number of fused-ring (bicyclic) bond motifs is 2. The SMILES string of the molecule is NC(=NCCCn1ccc2ccccc21)NC1CCOc2ccccc21. The minimum Gasteiger partial charge on any atom is -0.493 e. The fourth-order valence-corrected chi connectivity index (χ4v) is 3.49. The first kappa shape index (κ1) is 16.5. The van der Waals surface area contributed by atoms with E-state index in [4.69, 9.17) is 10.5 Å². The van der Waals surface area contributed by atoms with E-state index in [-0.39, 0.29) is 6.04 Å². The monoisotopic (exact) mass is 348 g/mol. The van der Waals surface area contributed by atoms with Crippen molar-refractivity contribution in [3.8, 4) is 5.75 Å². The highest BCUT2D eigenvalue weighted by molar-refractivity contribution is 5.80. The molecule has 2 heterocycles. The molecule has 2 aromatic carbocycles. The molecule has 1 unspecified atom stereocenters. The van der Waals surface area contributed by atoms with Crippen molar-refractivity contribution < 1.29 is 4.74 Å². The summed E-state index contributed by atoms with van der Waals surface area (Å²) in [5.41, 5.74) is 8.52. The lowest BCUT2D eigenvalue weighted by Gasteiger charge is -2.26. The highest BCUT2D eigenvalue weighted by atomic mass is 16.5. The number of hydrogen-bond acceptors (Lipinski definition) is 2. The van der Waals surface area contributed by atoms with Crippen molar-refractivity contribution in [1.29, 1.82) is 0 Å². The van der Waals surface area contributed by atoms with Crippen molar-refractivity contribution >= 4 is 16.9 Å². The van der Waals surface area contributed by atoms with E-state index in [9.17, 15) is 0 Å². The Hall–Kier alpha value is -2.95. The molecule has 3 aromatic rings. The molecule has 0 saturated carbocycles. The van der Waals surface area contributed by atoms with E-state index in [0.29, 0.717) is 19.1 Å². The number of nitrogens with zero attached hydrogens (tertiary/aromatic N) is 2. The van der Waals surface area contributed by atoms with Crippen LogP contribution in [0.5, 0.6) is 5.75 Å². The molecule has 1 aliphatic heterocycles. The Kier molecular flexibility index (Phi) is 4.78. The molecule has 0 fully saturated rings. The van der Waals surface area contributed by atoms with Crippen LogP contribution in [0.25, 0.3) is 10.9 Å². The van der Waals surface area contributed by atoms with E-state index < -0.39 is 0 Å². The lowest BCUT2D eigenvalue weighted by molar-refractivity contribution is 0.262. The summed E-state index contributed by atoms with van der Waals surface area (Å²) < 4.78 is 7.95. The van der Waals surface area contributed by atoms with Crippen LogP contribution in [0.15, 0.2) is 65.8 Å². The largest absolute Gasteiger partial charge is 0.493 e. The van der Waals surface area contributed by atoms with Crippen LogP contribution < -0.4 is 15.8 Å². The van der Waals surface area contributed by atoms with E-state index in [2.05, 4.69) is 57.5 Å². The van der Waals surface area contributed by atoms with Crippen molar-refractivity contribution in [3.63, 3.8) is 0 Å². The smallest absolute Gasteiger partial charge is 0.189 e. The molecule has 1 aromatic heterocycles. The summed E-state index contributed by atoms with van der Waals surface area (Å²) >= 11 is 0. The van der Waals surface area contributed by atoms with E-state index in [1.54, 1.807) is 0 Å². The summed E-state index contributed by atoms with van der Waals surface area (Å²) in [6, 6.07) is 18.8. The number of nitrogens with two attached hydrogens (primary N) is 1. The van der Waals surface area contributed by atoms with Crippen LogP contribution in [-0.2, 0) is 6.54 Å². The molecule has 3 N–H and O–H groups in total. The van der Waals surface area contributed by atoms with Gasteiger partial charge in [-0.2, -0.15) is 0 Å². The molecule has 0 amide bonds. The maximum atomic E-state index is 6.10. The molecule has 0 saturated heterocycles. The van der Waals surface area contributed by atoms with Crippen molar-refractivity contribution in [3.05, 3.63) is 66.4 Å². The molecular formula is C21H24N4O. The van der Waals surface area contributed by atoms with E-state index in [1.807, 2.05) is 18.2 Å². The second-order valence-electron chi connectivity index (χ2n) is 6.56. The summed E-state index contributed by atoms with van der Waals surface area (Å²) in [6.45, 7) is 2.34. The average Bonchev–Trinajstić information content (AvgIpc) is 3.09. The Balaban J connectivity index is 1.32. The average molecular weight is 348 g/mol. The van der Waals surface area contributed by atoms with Crippen LogP contribution in [0.2, 0.25) is 0 Å². The summed E-state index contributed by atoms with van der Waals surface area (Å²) in [7, 11) is 0. The first-order chi connectivity index (χ1) is 12.8. The molecule has 0 bridgehead atoms. The predicted molar refractivity (Wildman–Crippen MR) is 105 cm³/mol. The normalized spacial score (nSPS) is 16.9. The van der Waals surface area contributed by atoms with Crippen molar-refractivity contribution in [1.82, 2.24) is 9.88 Å². The van der Waals surface area contributed by atoms with Gasteiger partial charge in [0.1, 0.15) is 5.75 Å². The first-order valence-electron chi connectivity index (χ1n) is 9.13. The second kappa shape index (κ2) is 7.52. The number of nitrogens with one attached hydrogen (secondary N) is 1. The highest BCUT2D eigenvalue weighted by Crippen LogP contribution is 2.31. The van der Waals surface area contributed by atoms with E-state index >= 15 is 0 Å². The van der Waals surface area contributed by atoms with Gasteiger partial charge in [-0.15, -0.1) is 0 Å². The van der Waals surface area contributed by atoms with Gasteiger partial charge in [0.2, 0.25) is 0 Å². The van der Waals surface area contributed by atoms with Crippen LogP contribution in [0.1, 0.15) is 24.4 Å². The minimum atomic E-state index is 0.164. The number of para-hydroxylation sites is 2. The minimum absolute atomic E-state index is 0.164. The number of ether oxygens (including phenoxy) is 1. The van der Waals surface area contributed by atoms with Gasteiger partial charge in [-0.25, -0.2) is 0 Å². The number of rotatable bonds is 5. The van der Waals surface area contributed by atoms with Crippen molar-refractivity contribution in [2.75, 3.05) is 13.2 Å². The number of aromatic nitrogens is 1. The quantitative estimate of drug-likeness (QED) is 0.422. The zero-order valence-electron chi connectivity index (χ0n) is 14.8. The molecular weight excluding hydrogens is 324 g/mol. The van der Waals surface area contributed by atoms with Crippen LogP contribution in [0.3, 0.4) is 0 Å². The summed E-state index contributed by atoms with van der Waals surface area (Å²) in [5.74, 6) is 1.44. The maximum absolute atomic E-state index is 6.10. The molecule has 5 nitrogen and oxygen atoms in total. The van der Waals surface area contributed by atoms with Gasteiger partial charge in [0.25, 0.3) is 0 Å².